The van der Waals surface area contributed by atoms with E-state index >= 15 is 0 Å². The van der Waals surface area contributed by atoms with Gasteiger partial charge >= 0.3 is 0 Å². The number of carbonyl (C=O) groups excluding carboxylic acids is 2. The standard InChI is InChI=1S/C40H26N2.C26H18O2.C14H12N2/c1-3-9-27(10-4-1)29-15-19-31(20-16-29)39-40(32-21-17-30(18-22-32)28-11-5-2-6-12-28)42-38-26-36-24-34-14-8-7-13-33(34)23-35(36)25-37(38)41-39;27-25(23-15-11-21(12-16-23)19-7-3-1-4-8-19)26(28)24-17-13-22(14-18-24)20-9-5-2-6-10-20;15-13-7-11-5-9-3-1-2-4-10(9)6-12(11)8-14(13)16/h1-26H;1-18H;1-8H,15-16H2. The first kappa shape index (κ1) is 53.7. The molecule has 6 nitrogen and oxygen atoms in total. The molecule has 1 heterocycles. The van der Waals surface area contributed by atoms with Crippen LogP contribution in [0.5, 0.6) is 0 Å². The zero-order valence-corrected chi connectivity index (χ0v) is 46.9. The number of hydrogen-bond donors (Lipinski definition) is 2. The number of nitrogen functional groups attached to an aromatic ring is 2. The Bertz CT molecular complexity index is 4610. The molecule has 0 radical (unpaired) electrons. The van der Waals surface area contributed by atoms with Crippen LogP contribution in [0.4, 0.5) is 11.4 Å². The third-order valence-electron chi connectivity index (χ3n) is 15.6. The molecule has 0 atom stereocenters. The number of anilines is 2. The second kappa shape index (κ2) is 24.1. The van der Waals surface area contributed by atoms with Gasteiger partial charge in [0, 0.05) is 22.3 Å². The lowest BCUT2D eigenvalue weighted by atomic mass is 9.97. The third kappa shape index (κ3) is 11.6. The van der Waals surface area contributed by atoms with E-state index in [0.29, 0.717) is 22.5 Å². The predicted molar refractivity (Wildman–Crippen MR) is 359 cm³/mol. The van der Waals surface area contributed by atoms with E-state index in [4.69, 9.17) is 21.4 Å². The van der Waals surface area contributed by atoms with Gasteiger partial charge in [-0.1, -0.05) is 267 Å². The Labute approximate surface area is 499 Å². The van der Waals surface area contributed by atoms with Crippen molar-refractivity contribution >= 4 is 77.1 Å². The number of rotatable bonds is 9. The topological polar surface area (TPSA) is 112 Å². The van der Waals surface area contributed by atoms with E-state index in [-0.39, 0.29) is 0 Å². The second-order valence-corrected chi connectivity index (χ2v) is 21.3. The predicted octanol–water partition coefficient (Wildman–Crippen LogP) is 19.8. The number of fused-ring (bicyclic) bond motifs is 5. The van der Waals surface area contributed by atoms with Crippen molar-refractivity contribution in [2.45, 2.75) is 0 Å². The molecule has 4 N–H and O–H groups in total. The van der Waals surface area contributed by atoms with E-state index in [9.17, 15) is 9.59 Å². The molecule has 15 rings (SSSR count). The first-order chi connectivity index (χ1) is 42.2. The Morgan fingerprint density at radius 1 is 0.221 bits per heavy atom. The van der Waals surface area contributed by atoms with Crippen molar-refractivity contribution in [3.63, 3.8) is 0 Å². The molecule has 14 aromatic carbocycles. The number of nitrogens with two attached hydrogens (primary N) is 2. The van der Waals surface area contributed by atoms with Crippen molar-refractivity contribution in [3.8, 4) is 67.0 Å². The van der Waals surface area contributed by atoms with Crippen molar-refractivity contribution in [1.82, 2.24) is 9.97 Å². The molecule has 0 saturated heterocycles. The summed E-state index contributed by atoms with van der Waals surface area (Å²) in [5, 5.41) is 9.49. The Balaban J connectivity index is 0.000000133. The van der Waals surface area contributed by atoms with Crippen LogP contribution < -0.4 is 11.5 Å². The quantitative estimate of drug-likeness (QED) is 0.0644. The highest BCUT2D eigenvalue weighted by Crippen LogP contribution is 2.36. The van der Waals surface area contributed by atoms with Gasteiger partial charge in [0.2, 0.25) is 11.6 Å². The minimum Gasteiger partial charge on any atom is -0.397 e. The number of aromatic nitrogens is 2. The summed E-state index contributed by atoms with van der Waals surface area (Å²) in [6, 6.07) is 106. The van der Waals surface area contributed by atoms with Crippen molar-refractivity contribution in [2.24, 2.45) is 0 Å². The lowest BCUT2D eigenvalue weighted by Crippen LogP contribution is -2.14. The molecule has 0 bridgehead atoms. The Hall–Kier alpha value is -11.6. The largest absolute Gasteiger partial charge is 0.397 e. The van der Waals surface area contributed by atoms with Gasteiger partial charge in [0.25, 0.3) is 0 Å². The van der Waals surface area contributed by atoms with E-state index in [1.54, 1.807) is 24.3 Å². The van der Waals surface area contributed by atoms with Gasteiger partial charge in [0.1, 0.15) is 0 Å². The molecule has 0 saturated carbocycles. The molecule has 408 valence electrons. The normalized spacial score (nSPS) is 11.0. The van der Waals surface area contributed by atoms with Crippen LogP contribution in [0, 0.1) is 0 Å². The highest BCUT2D eigenvalue weighted by atomic mass is 16.2. The number of carbonyl (C=O) groups is 2. The van der Waals surface area contributed by atoms with Crippen molar-refractivity contribution in [1.29, 1.82) is 0 Å². The minimum atomic E-state index is -0.493. The first-order valence-electron chi connectivity index (χ1n) is 28.6. The van der Waals surface area contributed by atoms with Gasteiger partial charge < -0.3 is 11.5 Å². The van der Waals surface area contributed by atoms with E-state index in [0.717, 1.165) is 66.6 Å². The fourth-order valence-electron chi connectivity index (χ4n) is 11.0. The molecule has 0 aliphatic carbocycles. The average Bonchev–Trinajstić information content (AvgIpc) is 1.19. The molecule has 0 amide bonds. The maximum absolute atomic E-state index is 12.6. The number of Topliss-reactive ketones (excluding diaryl/α,β-unsaturated/α-hetero) is 2. The lowest BCUT2D eigenvalue weighted by Gasteiger charge is -2.13. The van der Waals surface area contributed by atoms with Crippen LogP contribution in [0.3, 0.4) is 0 Å². The van der Waals surface area contributed by atoms with Crippen molar-refractivity contribution in [3.05, 3.63) is 327 Å². The molecule has 1 aromatic heterocycles. The number of benzene rings is 14. The van der Waals surface area contributed by atoms with Gasteiger partial charge in [0.05, 0.1) is 33.8 Å². The van der Waals surface area contributed by atoms with Crippen LogP contribution >= 0.6 is 0 Å². The highest BCUT2D eigenvalue weighted by molar-refractivity contribution is 6.49. The third-order valence-corrected chi connectivity index (χ3v) is 15.6. The second-order valence-electron chi connectivity index (χ2n) is 21.3. The summed E-state index contributed by atoms with van der Waals surface area (Å²) in [5.74, 6) is -0.987. The van der Waals surface area contributed by atoms with Crippen molar-refractivity contribution < 1.29 is 9.59 Å². The minimum absolute atomic E-state index is 0.400. The Morgan fingerprint density at radius 2 is 0.442 bits per heavy atom. The monoisotopic (exact) mass is 1100 g/mol. The van der Waals surface area contributed by atoms with Gasteiger partial charge in [-0.25, -0.2) is 9.97 Å². The first-order valence-corrected chi connectivity index (χ1v) is 28.6. The molecule has 0 aliphatic rings. The fraction of sp³-hybridized carbons (Fsp3) is 0. The molecular formula is C80H56N4O2. The Kier molecular flexibility index (Phi) is 15.0. The molecular weight excluding hydrogens is 1050 g/mol. The summed E-state index contributed by atoms with van der Waals surface area (Å²) < 4.78 is 0. The molecule has 86 heavy (non-hydrogen) atoms. The summed E-state index contributed by atoms with van der Waals surface area (Å²) in [6.45, 7) is 0. The smallest absolute Gasteiger partial charge is 0.233 e. The fourth-order valence-corrected chi connectivity index (χ4v) is 11.0. The van der Waals surface area contributed by atoms with Crippen LogP contribution in [-0.2, 0) is 0 Å². The Morgan fingerprint density at radius 3 is 0.721 bits per heavy atom. The molecule has 0 fully saturated rings. The van der Waals surface area contributed by atoms with Crippen LogP contribution in [0.25, 0.3) is 121 Å². The van der Waals surface area contributed by atoms with Gasteiger partial charge in [0.15, 0.2) is 0 Å². The number of nitrogens with zero attached hydrogens (tertiary/aromatic N) is 2. The van der Waals surface area contributed by atoms with Gasteiger partial charge in [-0.15, -0.1) is 0 Å². The number of ketones is 2. The molecule has 6 heteroatoms. The van der Waals surface area contributed by atoms with Crippen LogP contribution in [-0.4, -0.2) is 21.5 Å². The summed E-state index contributed by atoms with van der Waals surface area (Å²) >= 11 is 0. The number of hydrogen-bond acceptors (Lipinski definition) is 6. The summed E-state index contributed by atoms with van der Waals surface area (Å²) in [7, 11) is 0. The van der Waals surface area contributed by atoms with E-state index in [1.807, 2.05) is 121 Å². The maximum Gasteiger partial charge on any atom is 0.233 e. The molecule has 0 spiro atoms. The van der Waals surface area contributed by atoms with E-state index in [2.05, 4.69) is 170 Å². The van der Waals surface area contributed by atoms with Crippen LogP contribution in [0.1, 0.15) is 20.7 Å². The average molecular weight is 1110 g/mol. The summed E-state index contributed by atoms with van der Waals surface area (Å²) in [5.41, 5.74) is 28.3. The van der Waals surface area contributed by atoms with Crippen LogP contribution in [0.2, 0.25) is 0 Å². The molecule has 15 aromatic rings. The van der Waals surface area contributed by atoms with Gasteiger partial charge in [-0.2, -0.15) is 0 Å². The van der Waals surface area contributed by atoms with Gasteiger partial charge in [-0.3, -0.25) is 9.59 Å². The summed E-state index contributed by atoms with van der Waals surface area (Å²) in [6.07, 6.45) is 0. The molecule has 0 unspecified atom stereocenters. The lowest BCUT2D eigenvalue weighted by molar-refractivity contribution is 0.0817. The summed E-state index contributed by atoms with van der Waals surface area (Å²) in [4.78, 5) is 35.7. The van der Waals surface area contributed by atoms with E-state index < -0.39 is 11.6 Å². The maximum atomic E-state index is 12.6. The van der Waals surface area contributed by atoms with Crippen molar-refractivity contribution in [2.75, 3.05) is 11.5 Å². The van der Waals surface area contributed by atoms with Gasteiger partial charge in [-0.05, 0) is 136 Å². The zero-order chi connectivity index (χ0) is 58.3. The van der Waals surface area contributed by atoms with Crippen LogP contribution in [0.15, 0.2) is 315 Å². The molecule has 0 aliphatic heterocycles. The SMILES string of the molecule is Nc1cc2cc3ccccc3cc2cc1N.O=C(C(=O)c1ccc(-c2ccccc2)cc1)c1ccc(-c2ccccc2)cc1.c1ccc(-c2ccc(-c3nc4cc5cc6ccccc6cc5cc4nc3-c3ccc(-c4ccccc4)cc3)cc2)cc1. The zero-order valence-electron chi connectivity index (χ0n) is 46.9. The highest BCUT2D eigenvalue weighted by Gasteiger charge is 2.19. The van der Waals surface area contributed by atoms with E-state index in [1.165, 1.54) is 54.6 Å².